The van der Waals surface area contributed by atoms with Crippen LogP contribution in [0.2, 0.25) is 0 Å². The van der Waals surface area contributed by atoms with Crippen molar-refractivity contribution in [1.82, 2.24) is 4.90 Å². The van der Waals surface area contributed by atoms with Gasteiger partial charge >= 0.3 is 0 Å². The fraction of sp³-hybridized carbons (Fsp3) is 1.00. The fourth-order valence-corrected chi connectivity index (χ4v) is 3.43. The highest BCUT2D eigenvalue weighted by molar-refractivity contribution is 7.92. The summed E-state index contributed by atoms with van der Waals surface area (Å²) in [4.78, 5) is 2.27. The average molecular weight is 276 g/mol. The van der Waals surface area contributed by atoms with E-state index >= 15 is 0 Å². The number of hydrogen-bond acceptors (Lipinski definition) is 4. The molecule has 1 unspecified atom stereocenters. The van der Waals surface area contributed by atoms with E-state index in [1.165, 1.54) is 12.8 Å². The molecule has 2 N–H and O–H groups in total. The zero-order valence-corrected chi connectivity index (χ0v) is 12.8. The minimum atomic E-state index is -3.02. The van der Waals surface area contributed by atoms with Crippen LogP contribution in [-0.4, -0.2) is 49.5 Å². The van der Waals surface area contributed by atoms with Gasteiger partial charge in [-0.1, -0.05) is 12.8 Å². The maximum absolute atomic E-state index is 12.1. The first-order chi connectivity index (χ1) is 8.28. The van der Waals surface area contributed by atoms with Crippen molar-refractivity contribution in [1.29, 1.82) is 0 Å². The number of likely N-dealkylation sites (tertiary alicyclic amines) is 1. The lowest BCUT2D eigenvalue weighted by Crippen LogP contribution is -2.44. The molecule has 1 aliphatic rings. The topological polar surface area (TPSA) is 63.4 Å². The van der Waals surface area contributed by atoms with Crippen LogP contribution in [0.5, 0.6) is 0 Å². The van der Waals surface area contributed by atoms with Crippen LogP contribution in [-0.2, 0) is 9.84 Å². The van der Waals surface area contributed by atoms with E-state index in [0.717, 1.165) is 19.4 Å². The van der Waals surface area contributed by atoms with E-state index in [-0.39, 0.29) is 5.75 Å². The fourth-order valence-electron chi connectivity index (χ4n) is 2.34. The summed E-state index contributed by atoms with van der Waals surface area (Å²) < 4.78 is 23.6. The highest BCUT2D eigenvalue weighted by atomic mass is 32.2. The lowest BCUT2D eigenvalue weighted by atomic mass is 10.1. The Bertz CT molecular complexity index is 346. The van der Waals surface area contributed by atoms with Crippen LogP contribution in [0, 0.1) is 0 Å². The normalized spacial score (nSPS) is 23.9. The van der Waals surface area contributed by atoms with Gasteiger partial charge in [0.15, 0.2) is 9.84 Å². The molecule has 1 aliphatic heterocycles. The van der Waals surface area contributed by atoms with Gasteiger partial charge in [-0.05, 0) is 40.2 Å². The van der Waals surface area contributed by atoms with Gasteiger partial charge in [0.2, 0.25) is 0 Å². The molecule has 1 heterocycles. The first-order valence-electron chi connectivity index (χ1n) is 6.94. The molecule has 0 aromatic heterocycles. The van der Waals surface area contributed by atoms with Gasteiger partial charge in [-0.2, -0.15) is 0 Å². The van der Waals surface area contributed by atoms with Crippen LogP contribution < -0.4 is 5.73 Å². The van der Waals surface area contributed by atoms with E-state index in [9.17, 15) is 8.42 Å². The summed E-state index contributed by atoms with van der Waals surface area (Å²) in [6.45, 7) is 7.56. The first kappa shape index (κ1) is 15.9. The van der Waals surface area contributed by atoms with E-state index in [1.54, 1.807) is 20.8 Å². The molecule has 1 atom stereocenters. The molecular formula is C13H28N2O2S. The van der Waals surface area contributed by atoms with Gasteiger partial charge in [0.1, 0.15) is 0 Å². The predicted octanol–water partition coefficient (Wildman–Crippen LogP) is 1.40. The Labute approximate surface area is 112 Å². The quantitative estimate of drug-likeness (QED) is 0.843. The second kappa shape index (κ2) is 6.35. The monoisotopic (exact) mass is 276 g/mol. The van der Waals surface area contributed by atoms with E-state index in [1.807, 2.05) is 0 Å². The predicted molar refractivity (Wildman–Crippen MR) is 76.4 cm³/mol. The van der Waals surface area contributed by atoms with Crippen LogP contribution >= 0.6 is 0 Å². The second-order valence-electron chi connectivity index (χ2n) is 6.21. The summed E-state index contributed by atoms with van der Waals surface area (Å²) in [6.07, 6.45) is 4.71. The molecule has 0 spiro atoms. The summed E-state index contributed by atoms with van der Waals surface area (Å²) in [5, 5.41) is 0. The highest BCUT2D eigenvalue weighted by Crippen LogP contribution is 2.19. The van der Waals surface area contributed by atoms with Crippen LogP contribution in [0.1, 0.15) is 46.5 Å². The van der Waals surface area contributed by atoms with Crippen molar-refractivity contribution < 1.29 is 8.42 Å². The van der Waals surface area contributed by atoms with Crippen LogP contribution in [0.3, 0.4) is 0 Å². The number of rotatable bonds is 4. The van der Waals surface area contributed by atoms with Gasteiger partial charge in [-0.25, -0.2) is 8.42 Å². The Hall–Kier alpha value is -0.130. The van der Waals surface area contributed by atoms with Crippen LogP contribution in [0.25, 0.3) is 0 Å². The Morgan fingerprint density at radius 3 is 2.44 bits per heavy atom. The zero-order valence-electron chi connectivity index (χ0n) is 12.0. The van der Waals surface area contributed by atoms with Gasteiger partial charge in [0.25, 0.3) is 0 Å². The van der Waals surface area contributed by atoms with E-state index in [2.05, 4.69) is 4.90 Å². The van der Waals surface area contributed by atoms with E-state index in [4.69, 9.17) is 5.73 Å². The highest BCUT2D eigenvalue weighted by Gasteiger charge is 2.30. The standard InChI is InChI=1S/C13H28N2O2S/c1-13(2,3)18(16,17)10-9-15-8-6-4-5-7-12(15)11-14/h12H,4-11,14H2,1-3H3. The molecule has 1 fully saturated rings. The van der Waals surface area contributed by atoms with Crippen molar-refractivity contribution >= 4 is 9.84 Å². The third-order valence-electron chi connectivity index (χ3n) is 3.85. The molecule has 1 saturated heterocycles. The Morgan fingerprint density at radius 2 is 1.89 bits per heavy atom. The molecule has 5 heteroatoms. The number of sulfone groups is 1. The summed E-state index contributed by atoms with van der Waals surface area (Å²) in [7, 11) is -3.02. The minimum Gasteiger partial charge on any atom is -0.329 e. The summed E-state index contributed by atoms with van der Waals surface area (Å²) in [5.74, 6) is 0.243. The van der Waals surface area contributed by atoms with Crippen molar-refractivity contribution in [3.63, 3.8) is 0 Å². The third kappa shape index (κ3) is 4.21. The Kier molecular flexibility index (Phi) is 5.62. The summed E-state index contributed by atoms with van der Waals surface area (Å²) in [5.41, 5.74) is 5.80. The van der Waals surface area contributed by atoms with Gasteiger partial charge in [-0.15, -0.1) is 0 Å². The smallest absolute Gasteiger partial charge is 0.156 e. The van der Waals surface area contributed by atoms with Crippen molar-refractivity contribution in [3.8, 4) is 0 Å². The SMILES string of the molecule is CC(C)(C)S(=O)(=O)CCN1CCCCCC1CN. The van der Waals surface area contributed by atoms with E-state index in [0.29, 0.717) is 19.1 Å². The van der Waals surface area contributed by atoms with Crippen molar-refractivity contribution in [3.05, 3.63) is 0 Å². The summed E-state index contributed by atoms with van der Waals surface area (Å²) in [6, 6.07) is 0.364. The minimum absolute atomic E-state index is 0.243. The molecule has 0 saturated carbocycles. The molecule has 0 aliphatic carbocycles. The number of hydrogen-bond donors (Lipinski definition) is 1. The number of nitrogens with zero attached hydrogens (tertiary/aromatic N) is 1. The van der Waals surface area contributed by atoms with Gasteiger partial charge in [-0.3, -0.25) is 4.90 Å². The largest absolute Gasteiger partial charge is 0.329 e. The molecule has 4 nitrogen and oxygen atoms in total. The molecule has 18 heavy (non-hydrogen) atoms. The van der Waals surface area contributed by atoms with Gasteiger partial charge in [0, 0.05) is 19.1 Å². The second-order valence-corrected chi connectivity index (χ2v) is 9.07. The Balaban J connectivity index is 2.60. The van der Waals surface area contributed by atoms with Gasteiger partial charge < -0.3 is 5.73 Å². The Morgan fingerprint density at radius 1 is 1.22 bits per heavy atom. The van der Waals surface area contributed by atoms with Crippen molar-refractivity contribution in [2.75, 3.05) is 25.4 Å². The van der Waals surface area contributed by atoms with Crippen LogP contribution in [0.15, 0.2) is 0 Å². The summed E-state index contributed by atoms with van der Waals surface area (Å²) >= 11 is 0. The molecule has 1 rings (SSSR count). The molecule has 0 radical (unpaired) electrons. The molecule has 0 aromatic carbocycles. The third-order valence-corrected chi connectivity index (χ3v) is 6.44. The molecule has 0 amide bonds. The molecule has 0 bridgehead atoms. The number of nitrogens with two attached hydrogens (primary N) is 1. The molecular weight excluding hydrogens is 248 g/mol. The zero-order chi connectivity index (χ0) is 13.8. The van der Waals surface area contributed by atoms with E-state index < -0.39 is 14.6 Å². The van der Waals surface area contributed by atoms with Crippen molar-refractivity contribution in [2.24, 2.45) is 5.73 Å². The van der Waals surface area contributed by atoms with Crippen molar-refractivity contribution in [2.45, 2.75) is 57.2 Å². The molecule has 108 valence electrons. The maximum Gasteiger partial charge on any atom is 0.156 e. The lowest BCUT2D eigenvalue weighted by molar-refractivity contribution is 0.216. The van der Waals surface area contributed by atoms with Gasteiger partial charge in [0.05, 0.1) is 10.5 Å². The lowest BCUT2D eigenvalue weighted by Gasteiger charge is -2.30. The molecule has 0 aromatic rings. The average Bonchev–Trinajstić information content (AvgIpc) is 2.49. The maximum atomic E-state index is 12.1. The van der Waals surface area contributed by atoms with Crippen LogP contribution in [0.4, 0.5) is 0 Å². The first-order valence-corrected chi connectivity index (χ1v) is 8.59.